The van der Waals surface area contributed by atoms with Crippen LogP contribution in [0.3, 0.4) is 0 Å². The molecule has 228 valence electrons. The van der Waals surface area contributed by atoms with Gasteiger partial charge in [0.1, 0.15) is 22.8 Å². The number of hydrogen-bond acceptors (Lipinski definition) is 8. The van der Waals surface area contributed by atoms with Gasteiger partial charge in [-0.15, -0.1) is 11.3 Å². The Morgan fingerprint density at radius 2 is 1.81 bits per heavy atom. The van der Waals surface area contributed by atoms with Gasteiger partial charge in [0.25, 0.3) is 11.5 Å². The summed E-state index contributed by atoms with van der Waals surface area (Å²) in [7, 11) is 0. The number of H-pyrrole nitrogens is 1. The van der Waals surface area contributed by atoms with Crippen LogP contribution < -0.4 is 26.8 Å². The first-order valence-corrected chi connectivity index (χ1v) is 15.3. The highest BCUT2D eigenvalue weighted by Gasteiger charge is 2.29. The molecule has 0 unspecified atom stereocenters. The topological polar surface area (TPSA) is 175 Å². The lowest BCUT2D eigenvalue weighted by Crippen LogP contribution is -2.49. The summed E-state index contributed by atoms with van der Waals surface area (Å²) in [6.07, 6.45) is 2.20. The van der Waals surface area contributed by atoms with Gasteiger partial charge in [-0.3, -0.25) is 24.0 Å². The lowest BCUT2D eigenvalue weighted by molar-refractivity contribution is -0.129. The number of nitrogens with zero attached hydrogens (tertiary/aromatic N) is 2. The number of aromatic nitrogens is 3. The fourth-order valence-electron chi connectivity index (χ4n) is 4.69. The van der Waals surface area contributed by atoms with Crippen molar-refractivity contribution in [3.63, 3.8) is 0 Å². The van der Waals surface area contributed by atoms with Crippen LogP contribution in [-0.2, 0) is 27.2 Å². The molecular formula is C30H37N7O5S. The van der Waals surface area contributed by atoms with Gasteiger partial charge in [-0.2, -0.15) is 5.10 Å². The van der Waals surface area contributed by atoms with Gasteiger partial charge in [-0.1, -0.05) is 44.2 Å². The van der Waals surface area contributed by atoms with Gasteiger partial charge in [-0.05, 0) is 36.8 Å². The molecule has 1 aliphatic heterocycles. The molecule has 5 N–H and O–H groups in total. The summed E-state index contributed by atoms with van der Waals surface area (Å²) in [5.41, 5.74) is 1.31. The molecule has 1 aliphatic rings. The standard InChI is InChI=1S/C30H37N7O5S/c1-18(2)26-30-34-23(17-43-30)29(42)33-22(16-19-8-4-3-5-9-19)27(40)31-15-7-6-10-21(28(41)35-26)32-24(38)13-11-20-12-14-25(39)37-36-20/h3-5,8-9,12,14,17-18,21-22,26H,6-7,10-11,13,15-16H2,1-2H3,(H,31,40)(H,32,38)(H,33,42)(H,35,41)(H,37,39)/t21-,22+,26+/m0/s1. The summed E-state index contributed by atoms with van der Waals surface area (Å²) < 4.78 is 0. The molecule has 2 bridgehead atoms. The van der Waals surface area contributed by atoms with E-state index in [-0.39, 0.29) is 41.3 Å². The number of aryl methyl sites for hydroxylation is 1. The van der Waals surface area contributed by atoms with Crippen molar-refractivity contribution < 1.29 is 19.2 Å². The van der Waals surface area contributed by atoms with E-state index in [0.717, 1.165) is 5.56 Å². The van der Waals surface area contributed by atoms with E-state index in [9.17, 15) is 24.0 Å². The summed E-state index contributed by atoms with van der Waals surface area (Å²) in [6, 6.07) is 10.3. The number of benzene rings is 1. The van der Waals surface area contributed by atoms with Crippen molar-refractivity contribution in [2.75, 3.05) is 6.54 Å². The van der Waals surface area contributed by atoms with Crippen molar-refractivity contribution in [1.82, 2.24) is 36.4 Å². The second-order valence-corrected chi connectivity index (χ2v) is 11.7. The molecule has 3 aromatic rings. The fraction of sp³-hybridized carbons (Fsp3) is 0.433. The van der Waals surface area contributed by atoms with Gasteiger partial charge in [0, 0.05) is 37.3 Å². The molecule has 12 nitrogen and oxygen atoms in total. The predicted octanol–water partition coefficient (Wildman–Crippen LogP) is 1.80. The summed E-state index contributed by atoms with van der Waals surface area (Å²) in [6.45, 7) is 4.22. The minimum atomic E-state index is -0.811. The number of nitrogens with one attached hydrogen (secondary N) is 5. The maximum absolute atomic E-state index is 13.5. The van der Waals surface area contributed by atoms with E-state index in [1.54, 1.807) is 11.4 Å². The van der Waals surface area contributed by atoms with Crippen LogP contribution in [-0.4, -0.2) is 57.4 Å². The van der Waals surface area contributed by atoms with E-state index in [0.29, 0.717) is 49.4 Å². The Hall–Kier alpha value is -4.39. The van der Waals surface area contributed by atoms with Crippen LogP contribution in [0.5, 0.6) is 0 Å². The number of thiazole rings is 1. The number of hydrogen-bond donors (Lipinski definition) is 5. The highest BCUT2D eigenvalue weighted by Crippen LogP contribution is 2.26. The second kappa shape index (κ2) is 15.2. The molecule has 4 amide bonds. The summed E-state index contributed by atoms with van der Waals surface area (Å²) in [4.78, 5) is 68.4. The minimum absolute atomic E-state index is 0.0517. The zero-order chi connectivity index (χ0) is 30.8. The SMILES string of the molecule is CC(C)[C@H]1NC(=O)[C@@H](NC(=O)CCc2ccc(=O)[nH]n2)CCCCNC(=O)[C@@H](Cc2ccccc2)NC(=O)c2csc1n2. The molecule has 0 saturated heterocycles. The Kier molecular flexibility index (Phi) is 11.1. The number of carbonyl (C=O) groups excluding carboxylic acids is 4. The van der Waals surface area contributed by atoms with Gasteiger partial charge in [0.05, 0.1) is 11.7 Å². The average molecular weight is 608 g/mol. The van der Waals surface area contributed by atoms with Crippen molar-refractivity contribution in [3.05, 3.63) is 80.2 Å². The van der Waals surface area contributed by atoms with Crippen LogP contribution in [0.2, 0.25) is 0 Å². The Balaban J connectivity index is 1.51. The summed E-state index contributed by atoms with van der Waals surface area (Å²) in [5.74, 6) is -1.51. The molecule has 43 heavy (non-hydrogen) atoms. The highest BCUT2D eigenvalue weighted by molar-refractivity contribution is 7.09. The molecular weight excluding hydrogens is 570 g/mol. The third kappa shape index (κ3) is 9.30. The Morgan fingerprint density at radius 1 is 1.02 bits per heavy atom. The number of carbonyl (C=O) groups is 4. The third-order valence-electron chi connectivity index (χ3n) is 7.11. The van der Waals surface area contributed by atoms with Crippen molar-refractivity contribution >= 4 is 35.0 Å². The molecule has 3 heterocycles. The largest absolute Gasteiger partial charge is 0.354 e. The predicted molar refractivity (Wildman–Crippen MR) is 161 cm³/mol. The van der Waals surface area contributed by atoms with E-state index in [1.165, 1.54) is 17.4 Å². The van der Waals surface area contributed by atoms with E-state index in [4.69, 9.17) is 0 Å². The Morgan fingerprint density at radius 3 is 2.53 bits per heavy atom. The van der Waals surface area contributed by atoms with Gasteiger partial charge < -0.3 is 21.3 Å². The Bertz CT molecular complexity index is 1450. The molecule has 3 atom stereocenters. The smallest absolute Gasteiger partial charge is 0.271 e. The van der Waals surface area contributed by atoms with Gasteiger partial charge in [0.2, 0.25) is 17.7 Å². The normalized spacial score (nSPS) is 20.2. The molecule has 0 saturated carbocycles. The maximum Gasteiger partial charge on any atom is 0.271 e. The lowest BCUT2D eigenvalue weighted by atomic mass is 10.0. The monoisotopic (exact) mass is 607 g/mol. The van der Waals surface area contributed by atoms with Crippen molar-refractivity contribution in [2.24, 2.45) is 5.92 Å². The number of fused-ring (bicyclic) bond motifs is 2. The molecule has 1 aromatic carbocycles. The van der Waals surface area contributed by atoms with Crippen molar-refractivity contribution in [1.29, 1.82) is 0 Å². The Labute approximate surface area is 253 Å². The van der Waals surface area contributed by atoms with E-state index in [1.807, 2.05) is 44.2 Å². The van der Waals surface area contributed by atoms with Crippen LogP contribution in [0, 0.1) is 5.92 Å². The van der Waals surface area contributed by atoms with E-state index >= 15 is 0 Å². The number of amides is 4. The fourth-order valence-corrected chi connectivity index (χ4v) is 5.71. The van der Waals surface area contributed by atoms with Gasteiger partial charge in [0.15, 0.2) is 0 Å². The zero-order valence-corrected chi connectivity index (χ0v) is 25.0. The molecule has 0 spiro atoms. The van der Waals surface area contributed by atoms with Crippen molar-refractivity contribution in [2.45, 2.75) is 70.5 Å². The maximum atomic E-state index is 13.5. The van der Waals surface area contributed by atoms with E-state index in [2.05, 4.69) is 36.4 Å². The molecule has 4 rings (SSSR count). The molecule has 0 aliphatic carbocycles. The lowest BCUT2D eigenvalue weighted by Gasteiger charge is -2.25. The van der Waals surface area contributed by atoms with E-state index < -0.39 is 24.0 Å². The first-order chi connectivity index (χ1) is 20.7. The molecule has 0 radical (unpaired) electrons. The van der Waals surface area contributed by atoms with Crippen LogP contribution in [0.4, 0.5) is 0 Å². The average Bonchev–Trinajstić information content (AvgIpc) is 3.48. The summed E-state index contributed by atoms with van der Waals surface area (Å²) >= 11 is 1.25. The van der Waals surface area contributed by atoms with Crippen LogP contribution in [0.25, 0.3) is 0 Å². The van der Waals surface area contributed by atoms with Crippen molar-refractivity contribution in [3.8, 4) is 0 Å². The quantitative estimate of drug-likeness (QED) is 0.272. The van der Waals surface area contributed by atoms with Gasteiger partial charge in [-0.25, -0.2) is 10.1 Å². The van der Waals surface area contributed by atoms with Crippen LogP contribution in [0.1, 0.15) is 72.3 Å². The first-order valence-electron chi connectivity index (χ1n) is 14.4. The summed E-state index contributed by atoms with van der Waals surface area (Å²) in [5, 5.41) is 20.0. The van der Waals surface area contributed by atoms with Crippen LogP contribution >= 0.6 is 11.3 Å². The second-order valence-electron chi connectivity index (χ2n) is 10.8. The van der Waals surface area contributed by atoms with Gasteiger partial charge >= 0.3 is 0 Å². The van der Waals surface area contributed by atoms with Crippen LogP contribution in [0.15, 0.2) is 52.6 Å². The zero-order valence-electron chi connectivity index (χ0n) is 24.2. The molecule has 0 fully saturated rings. The third-order valence-corrected chi connectivity index (χ3v) is 8.03. The highest BCUT2D eigenvalue weighted by atomic mass is 32.1. The number of aromatic amines is 1. The molecule has 2 aromatic heterocycles. The minimum Gasteiger partial charge on any atom is -0.354 e. The molecule has 13 heteroatoms. The first kappa shape index (κ1) is 31.5. The number of rotatable bonds is 7.